The number of H-pyrrole nitrogens is 1. The number of aromatic amines is 1. The minimum atomic E-state index is -4.01. The van der Waals surface area contributed by atoms with E-state index in [1.54, 1.807) is 24.4 Å². The van der Waals surface area contributed by atoms with Crippen molar-refractivity contribution in [3.63, 3.8) is 0 Å². The SMILES string of the molecule is O=S(=O)(Nc1ccc(F)cc1F)c1c[nH]c(-c2ccccn2)c1. The molecule has 0 amide bonds. The van der Waals surface area contributed by atoms with Gasteiger partial charge in [0.1, 0.15) is 16.5 Å². The smallest absolute Gasteiger partial charge is 0.263 e. The second kappa shape index (κ2) is 5.81. The maximum Gasteiger partial charge on any atom is 0.263 e. The molecule has 0 fully saturated rings. The molecule has 0 aliphatic rings. The first-order valence-electron chi connectivity index (χ1n) is 6.53. The summed E-state index contributed by atoms with van der Waals surface area (Å²) in [4.78, 5) is 6.82. The van der Waals surface area contributed by atoms with E-state index in [9.17, 15) is 17.2 Å². The lowest BCUT2D eigenvalue weighted by Crippen LogP contribution is -2.13. The Hall–Kier alpha value is -2.74. The van der Waals surface area contributed by atoms with Crippen LogP contribution in [0.1, 0.15) is 0 Å². The molecule has 118 valence electrons. The summed E-state index contributed by atoms with van der Waals surface area (Å²) < 4.78 is 53.1. The lowest BCUT2D eigenvalue weighted by molar-refractivity contribution is 0.583. The monoisotopic (exact) mass is 335 g/mol. The summed E-state index contributed by atoms with van der Waals surface area (Å²) in [6.45, 7) is 0. The van der Waals surface area contributed by atoms with Crippen LogP contribution in [0.2, 0.25) is 0 Å². The van der Waals surface area contributed by atoms with Crippen molar-refractivity contribution >= 4 is 15.7 Å². The topological polar surface area (TPSA) is 74.8 Å². The Kier molecular flexibility index (Phi) is 3.83. The largest absolute Gasteiger partial charge is 0.359 e. The number of rotatable bonds is 4. The van der Waals surface area contributed by atoms with E-state index >= 15 is 0 Å². The van der Waals surface area contributed by atoms with Crippen molar-refractivity contribution in [3.05, 3.63) is 66.5 Å². The normalized spacial score (nSPS) is 11.4. The van der Waals surface area contributed by atoms with Crippen molar-refractivity contribution in [1.82, 2.24) is 9.97 Å². The fraction of sp³-hybridized carbons (Fsp3) is 0. The van der Waals surface area contributed by atoms with E-state index in [1.165, 1.54) is 12.3 Å². The Morgan fingerprint density at radius 2 is 1.91 bits per heavy atom. The number of hydrogen-bond acceptors (Lipinski definition) is 3. The van der Waals surface area contributed by atoms with Gasteiger partial charge in [0.2, 0.25) is 0 Å². The third-order valence-electron chi connectivity index (χ3n) is 3.08. The number of aromatic nitrogens is 2. The molecule has 0 bridgehead atoms. The molecule has 0 atom stereocenters. The van der Waals surface area contributed by atoms with E-state index in [0.29, 0.717) is 17.5 Å². The Morgan fingerprint density at radius 1 is 1.09 bits per heavy atom. The summed E-state index contributed by atoms with van der Waals surface area (Å²) in [7, 11) is -4.01. The molecule has 0 unspecified atom stereocenters. The number of hydrogen-bond donors (Lipinski definition) is 2. The predicted molar refractivity (Wildman–Crippen MR) is 81.2 cm³/mol. The highest BCUT2D eigenvalue weighted by molar-refractivity contribution is 7.92. The standard InChI is InChI=1S/C15H11F2N3O2S/c16-10-4-5-13(12(17)7-10)20-23(21,22)11-8-15(19-9-11)14-3-1-2-6-18-14/h1-9,19-20H. The molecule has 3 rings (SSSR count). The van der Waals surface area contributed by atoms with Crippen molar-refractivity contribution in [2.75, 3.05) is 4.72 Å². The van der Waals surface area contributed by atoms with Gasteiger partial charge in [-0.1, -0.05) is 6.07 Å². The highest BCUT2D eigenvalue weighted by Crippen LogP contribution is 2.23. The predicted octanol–water partition coefficient (Wildman–Crippen LogP) is 3.16. The molecule has 2 heterocycles. The number of benzene rings is 1. The second-order valence-electron chi connectivity index (χ2n) is 4.69. The molecule has 0 spiro atoms. The van der Waals surface area contributed by atoms with Gasteiger partial charge in [0.15, 0.2) is 0 Å². The third-order valence-corrected chi connectivity index (χ3v) is 4.43. The Balaban J connectivity index is 1.90. The Bertz CT molecular complexity index is 940. The quantitative estimate of drug-likeness (QED) is 0.769. The van der Waals surface area contributed by atoms with Crippen LogP contribution in [0.15, 0.2) is 59.8 Å². The van der Waals surface area contributed by atoms with Crippen LogP contribution in [0.25, 0.3) is 11.4 Å². The van der Waals surface area contributed by atoms with E-state index in [2.05, 4.69) is 14.7 Å². The molecular formula is C15H11F2N3O2S. The lowest BCUT2D eigenvalue weighted by Gasteiger charge is -2.07. The molecule has 0 aliphatic carbocycles. The zero-order chi connectivity index (χ0) is 16.4. The number of nitrogens with zero attached hydrogens (tertiary/aromatic N) is 1. The maximum atomic E-state index is 13.6. The molecule has 2 N–H and O–H groups in total. The van der Waals surface area contributed by atoms with Crippen molar-refractivity contribution in [3.8, 4) is 11.4 Å². The van der Waals surface area contributed by atoms with Crippen LogP contribution < -0.4 is 4.72 Å². The highest BCUT2D eigenvalue weighted by atomic mass is 32.2. The first kappa shape index (κ1) is 15.2. The van der Waals surface area contributed by atoms with Crippen molar-refractivity contribution in [2.24, 2.45) is 0 Å². The third kappa shape index (κ3) is 3.21. The van der Waals surface area contributed by atoms with Crippen LogP contribution in [-0.4, -0.2) is 18.4 Å². The number of anilines is 1. The molecule has 2 aromatic heterocycles. The zero-order valence-electron chi connectivity index (χ0n) is 11.6. The van der Waals surface area contributed by atoms with Crippen LogP contribution >= 0.6 is 0 Å². The van der Waals surface area contributed by atoms with E-state index in [0.717, 1.165) is 12.1 Å². The molecule has 23 heavy (non-hydrogen) atoms. The van der Waals surface area contributed by atoms with Crippen LogP contribution in [0.4, 0.5) is 14.5 Å². The van der Waals surface area contributed by atoms with Crippen molar-refractivity contribution < 1.29 is 17.2 Å². The summed E-state index contributed by atoms with van der Waals surface area (Å²) in [6, 6.07) is 9.20. The molecule has 8 heteroatoms. The number of halogens is 2. The number of nitrogens with one attached hydrogen (secondary N) is 2. The molecule has 0 saturated carbocycles. The van der Waals surface area contributed by atoms with E-state index in [4.69, 9.17) is 0 Å². The number of sulfonamides is 1. The van der Waals surface area contributed by atoms with Crippen LogP contribution in [0.3, 0.4) is 0 Å². The second-order valence-corrected chi connectivity index (χ2v) is 6.38. The molecule has 0 aliphatic heterocycles. The van der Waals surface area contributed by atoms with Gasteiger partial charge in [-0.15, -0.1) is 0 Å². The van der Waals surface area contributed by atoms with E-state index in [1.807, 2.05) is 0 Å². The Labute approximate surface area is 131 Å². The van der Waals surface area contributed by atoms with E-state index < -0.39 is 21.7 Å². The van der Waals surface area contributed by atoms with Gasteiger partial charge in [-0.3, -0.25) is 9.71 Å². The van der Waals surface area contributed by atoms with Gasteiger partial charge in [-0.2, -0.15) is 0 Å². The van der Waals surface area contributed by atoms with Crippen molar-refractivity contribution in [2.45, 2.75) is 4.90 Å². The highest BCUT2D eigenvalue weighted by Gasteiger charge is 2.19. The van der Waals surface area contributed by atoms with Gasteiger partial charge in [0.05, 0.1) is 17.1 Å². The van der Waals surface area contributed by atoms with E-state index in [-0.39, 0.29) is 10.6 Å². The van der Waals surface area contributed by atoms with Crippen molar-refractivity contribution in [1.29, 1.82) is 0 Å². The first-order chi connectivity index (χ1) is 11.0. The fourth-order valence-corrected chi connectivity index (χ4v) is 3.04. The summed E-state index contributed by atoms with van der Waals surface area (Å²) in [5.74, 6) is -1.78. The van der Waals surface area contributed by atoms with Gasteiger partial charge in [-0.05, 0) is 30.3 Å². The minimum absolute atomic E-state index is 0.0816. The molecule has 0 radical (unpaired) electrons. The lowest BCUT2D eigenvalue weighted by atomic mass is 10.3. The summed E-state index contributed by atoms with van der Waals surface area (Å²) in [5, 5.41) is 0. The zero-order valence-corrected chi connectivity index (χ0v) is 12.4. The fourth-order valence-electron chi connectivity index (χ4n) is 1.98. The molecule has 0 saturated heterocycles. The molecule has 5 nitrogen and oxygen atoms in total. The van der Waals surface area contributed by atoms with Gasteiger partial charge in [0, 0.05) is 18.5 Å². The summed E-state index contributed by atoms with van der Waals surface area (Å²) >= 11 is 0. The van der Waals surface area contributed by atoms with Gasteiger partial charge in [-0.25, -0.2) is 17.2 Å². The molecule has 3 aromatic rings. The van der Waals surface area contributed by atoms with Crippen LogP contribution in [0, 0.1) is 11.6 Å². The van der Waals surface area contributed by atoms with Crippen LogP contribution in [0.5, 0.6) is 0 Å². The molecular weight excluding hydrogens is 324 g/mol. The summed E-state index contributed by atoms with van der Waals surface area (Å²) in [6.07, 6.45) is 2.85. The average molecular weight is 335 g/mol. The number of pyridine rings is 1. The Morgan fingerprint density at radius 3 is 2.61 bits per heavy atom. The minimum Gasteiger partial charge on any atom is -0.359 e. The first-order valence-corrected chi connectivity index (χ1v) is 8.02. The van der Waals surface area contributed by atoms with Gasteiger partial charge in [0.25, 0.3) is 10.0 Å². The average Bonchev–Trinajstić information content (AvgIpc) is 3.02. The maximum absolute atomic E-state index is 13.6. The van der Waals surface area contributed by atoms with Gasteiger partial charge >= 0.3 is 0 Å². The van der Waals surface area contributed by atoms with Crippen LogP contribution in [-0.2, 0) is 10.0 Å². The van der Waals surface area contributed by atoms with Gasteiger partial charge < -0.3 is 4.98 Å². The summed E-state index contributed by atoms with van der Waals surface area (Å²) in [5.41, 5.74) is 0.749. The molecule has 1 aromatic carbocycles.